The Labute approximate surface area is 119 Å². The molecule has 0 aliphatic heterocycles. The molecule has 20 heavy (non-hydrogen) atoms. The summed E-state index contributed by atoms with van der Waals surface area (Å²) in [6.45, 7) is 6.30. The second kappa shape index (κ2) is 8.19. The highest BCUT2D eigenvalue weighted by molar-refractivity contribution is 5.90. The monoisotopic (exact) mass is 278 g/mol. The zero-order valence-corrected chi connectivity index (χ0v) is 12.3. The van der Waals surface area contributed by atoms with Crippen LogP contribution in [0.5, 0.6) is 5.75 Å². The molecule has 0 unspecified atom stereocenters. The minimum atomic E-state index is -0.137. The Balaban J connectivity index is 2.72. The molecule has 1 aromatic rings. The SMILES string of the molecule is CCOc1ccc(CCNC(=O)CC)cc1NC(C)=O. The summed E-state index contributed by atoms with van der Waals surface area (Å²) in [4.78, 5) is 22.4. The predicted octanol–water partition coefficient (Wildman–Crippen LogP) is 2.11. The normalized spacial score (nSPS) is 9.95. The van der Waals surface area contributed by atoms with Gasteiger partial charge in [0.1, 0.15) is 5.75 Å². The van der Waals surface area contributed by atoms with Crippen LogP contribution in [0.4, 0.5) is 5.69 Å². The minimum absolute atomic E-state index is 0.0398. The molecular formula is C15H22N2O3. The van der Waals surface area contributed by atoms with Gasteiger partial charge >= 0.3 is 0 Å². The molecule has 1 rings (SSSR count). The average molecular weight is 278 g/mol. The van der Waals surface area contributed by atoms with E-state index in [0.29, 0.717) is 37.4 Å². The smallest absolute Gasteiger partial charge is 0.221 e. The van der Waals surface area contributed by atoms with Crippen molar-refractivity contribution in [3.8, 4) is 5.75 Å². The number of carbonyl (C=O) groups excluding carboxylic acids is 2. The summed E-state index contributed by atoms with van der Waals surface area (Å²) in [6.07, 6.45) is 1.20. The second-order valence-corrected chi connectivity index (χ2v) is 4.40. The molecule has 0 heterocycles. The third kappa shape index (κ3) is 5.30. The van der Waals surface area contributed by atoms with E-state index < -0.39 is 0 Å². The van der Waals surface area contributed by atoms with Crippen LogP contribution in [0.1, 0.15) is 32.8 Å². The molecule has 110 valence electrons. The molecule has 5 nitrogen and oxygen atoms in total. The van der Waals surface area contributed by atoms with Crippen LogP contribution in [-0.2, 0) is 16.0 Å². The number of hydrogen-bond acceptors (Lipinski definition) is 3. The third-order valence-electron chi connectivity index (χ3n) is 2.71. The average Bonchev–Trinajstić information content (AvgIpc) is 2.41. The maximum Gasteiger partial charge on any atom is 0.221 e. The lowest BCUT2D eigenvalue weighted by Crippen LogP contribution is -2.24. The van der Waals surface area contributed by atoms with Crippen LogP contribution in [0.25, 0.3) is 0 Å². The van der Waals surface area contributed by atoms with Gasteiger partial charge in [0.05, 0.1) is 12.3 Å². The van der Waals surface area contributed by atoms with Gasteiger partial charge in [-0.3, -0.25) is 9.59 Å². The Kier molecular flexibility index (Phi) is 6.56. The van der Waals surface area contributed by atoms with Crippen LogP contribution in [0, 0.1) is 0 Å². The molecule has 0 atom stereocenters. The summed E-state index contributed by atoms with van der Waals surface area (Å²) in [5, 5.41) is 5.58. The number of nitrogens with one attached hydrogen (secondary N) is 2. The van der Waals surface area contributed by atoms with Crippen molar-refractivity contribution in [2.75, 3.05) is 18.5 Å². The summed E-state index contributed by atoms with van der Waals surface area (Å²) in [6, 6.07) is 5.66. The van der Waals surface area contributed by atoms with E-state index in [1.54, 1.807) is 0 Å². The first-order valence-corrected chi connectivity index (χ1v) is 6.86. The maximum atomic E-state index is 11.2. The standard InChI is InChI=1S/C15H22N2O3/c1-4-15(19)16-9-8-12-6-7-14(20-5-2)13(10-12)17-11(3)18/h6-7,10H,4-5,8-9H2,1-3H3,(H,16,19)(H,17,18). The lowest BCUT2D eigenvalue weighted by Gasteiger charge is -2.12. The maximum absolute atomic E-state index is 11.2. The molecule has 0 radical (unpaired) electrons. The van der Waals surface area contributed by atoms with E-state index in [1.165, 1.54) is 6.92 Å². The third-order valence-corrected chi connectivity index (χ3v) is 2.71. The van der Waals surface area contributed by atoms with Crippen molar-refractivity contribution in [1.82, 2.24) is 5.32 Å². The molecule has 0 fully saturated rings. The highest BCUT2D eigenvalue weighted by atomic mass is 16.5. The number of carbonyl (C=O) groups is 2. The lowest BCUT2D eigenvalue weighted by atomic mass is 10.1. The van der Waals surface area contributed by atoms with E-state index in [9.17, 15) is 9.59 Å². The van der Waals surface area contributed by atoms with Gasteiger partial charge in [0.15, 0.2) is 0 Å². The Morgan fingerprint density at radius 1 is 1.25 bits per heavy atom. The van der Waals surface area contributed by atoms with Crippen LogP contribution in [-0.4, -0.2) is 25.0 Å². The fraction of sp³-hybridized carbons (Fsp3) is 0.467. The molecule has 0 bridgehead atoms. The first-order chi connectivity index (χ1) is 9.56. The lowest BCUT2D eigenvalue weighted by molar-refractivity contribution is -0.120. The second-order valence-electron chi connectivity index (χ2n) is 4.40. The number of hydrogen-bond donors (Lipinski definition) is 2. The van der Waals surface area contributed by atoms with E-state index in [2.05, 4.69) is 10.6 Å². The van der Waals surface area contributed by atoms with Crippen molar-refractivity contribution in [1.29, 1.82) is 0 Å². The number of anilines is 1. The molecule has 1 aromatic carbocycles. The van der Waals surface area contributed by atoms with Gasteiger partial charge in [0, 0.05) is 19.9 Å². The molecule has 2 N–H and O–H groups in total. The highest BCUT2D eigenvalue weighted by Crippen LogP contribution is 2.26. The van der Waals surface area contributed by atoms with Crippen molar-refractivity contribution < 1.29 is 14.3 Å². The number of ether oxygens (including phenoxy) is 1. The number of amides is 2. The van der Waals surface area contributed by atoms with Gasteiger partial charge in [-0.25, -0.2) is 0 Å². The summed E-state index contributed by atoms with van der Waals surface area (Å²) in [7, 11) is 0. The van der Waals surface area contributed by atoms with Gasteiger partial charge in [-0.15, -0.1) is 0 Å². The van der Waals surface area contributed by atoms with E-state index in [-0.39, 0.29) is 11.8 Å². The predicted molar refractivity (Wildman–Crippen MR) is 78.9 cm³/mol. The van der Waals surface area contributed by atoms with Gasteiger partial charge in [0.25, 0.3) is 0 Å². The Hall–Kier alpha value is -2.04. The number of benzene rings is 1. The molecule has 0 aliphatic carbocycles. The van der Waals surface area contributed by atoms with Gasteiger partial charge in [-0.05, 0) is 31.0 Å². The van der Waals surface area contributed by atoms with Gasteiger partial charge in [0.2, 0.25) is 11.8 Å². The first-order valence-electron chi connectivity index (χ1n) is 6.86. The summed E-state index contributed by atoms with van der Waals surface area (Å²) in [5.41, 5.74) is 1.70. The highest BCUT2D eigenvalue weighted by Gasteiger charge is 2.07. The van der Waals surface area contributed by atoms with Crippen molar-refractivity contribution in [3.63, 3.8) is 0 Å². The molecule has 0 aliphatic rings. The van der Waals surface area contributed by atoms with Gasteiger partial charge in [-0.1, -0.05) is 13.0 Å². The quantitative estimate of drug-likeness (QED) is 0.802. The summed E-state index contributed by atoms with van der Waals surface area (Å²) >= 11 is 0. The van der Waals surface area contributed by atoms with E-state index in [4.69, 9.17) is 4.74 Å². The molecule has 0 aromatic heterocycles. The molecule has 2 amide bonds. The fourth-order valence-corrected chi connectivity index (χ4v) is 1.77. The zero-order valence-electron chi connectivity index (χ0n) is 12.3. The Bertz CT molecular complexity index is 472. The largest absolute Gasteiger partial charge is 0.492 e. The van der Waals surface area contributed by atoms with Crippen molar-refractivity contribution in [2.24, 2.45) is 0 Å². The fourth-order valence-electron chi connectivity index (χ4n) is 1.77. The van der Waals surface area contributed by atoms with Crippen molar-refractivity contribution >= 4 is 17.5 Å². The van der Waals surface area contributed by atoms with Crippen LogP contribution >= 0.6 is 0 Å². The molecule has 0 spiro atoms. The molecule has 0 saturated carbocycles. The molecule has 5 heteroatoms. The topological polar surface area (TPSA) is 67.4 Å². The molecule has 0 saturated heterocycles. The number of rotatable bonds is 7. The van der Waals surface area contributed by atoms with E-state index >= 15 is 0 Å². The minimum Gasteiger partial charge on any atom is -0.492 e. The van der Waals surface area contributed by atoms with Crippen LogP contribution < -0.4 is 15.4 Å². The first kappa shape index (κ1) is 16.0. The Morgan fingerprint density at radius 2 is 2.00 bits per heavy atom. The Morgan fingerprint density at radius 3 is 2.60 bits per heavy atom. The van der Waals surface area contributed by atoms with E-state index in [0.717, 1.165) is 5.56 Å². The van der Waals surface area contributed by atoms with Crippen molar-refractivity contribution in [3.05, 3.63) is 23.8 Å². The van der Waals surface area contributed by atoms with Crippen LogP contribution in [0.2, 0.25) is 0 Å². The van der Waals surface area contributed by atoms with Gasteiger partial charge in [-0.2, -0.15) is 0 Å². The zero-order chi connectivity index (χ0) is 15.0. The van der Waals surface area contributed by atoms with Gasteiger partial charge < -0.3 is 15.4 Å². The van der Waals surface area contributed by atoms with Crippen LogP contribution in [0.3, 0.4) is 0 Å². The van der Waals surface area contributed by atoms with E-state index in [1.807, 2.05) is 32.0 Å². The molecular weight excluding hydrogens is 256 g/mol. The summed E-state index contributed by atoms with van der Waals surface area (Å²) in [5.74, 6) is 0.560. The van der Waals surface area contributed by atoms with Crippen molar-refractivity contribution in [2.45, 2.75) is 33.6 Å². The summed E-state index contributed by atoms with van der Waals surface area (Å²) < 4.78 is 5.47. The van der Waals surface area contributed by atoms with Crippen LogP contribution in [0.15, 0.2) is 18.2 Å².